The summed E-state index contributed by atoms with van der Waals surface area (Å²) in [7, 11) is 0. The average molecular weight is 261 g/mol. The van der Waals surface area contributed by atoms with E-state index in [1.165, 1.54) is 4.52 Å². The first-order valence-electron chi connectivity index (χ1n) is 5.70. The Bertz CT molecular complexity index is 756. The van der Waals surface area contributed by atoms with Crippen molar-refractivity contribution in [3.8, 4) is 0 Å². The number of nitrogens with zero attached hydrogens (tertiary/aromatic N) is 5. The lowest BCUT2D eigenvalue weighted by atomic mass is 10.4. The zero-order valence-electron chi connectivity index (χ0n) is 10.1. The van der Waals surface area contributed by atoms with Gasteiger partial charge in [-0.25, -0.2) is 9.89 Å². The fraction of sp³-hybridized carbons (Fsp3) is 0.300. The Kier molecular flexibility index (Phi) is 2.71. The van der Waals surface area contributed by atoms with Crippen LogP contribution in [0.3, 0.4) is 0 Å². The summed E-state index contributed by atoms with van der Waals surface area (Å²) in [6, 6.07) is 3.45. The number of nitrogens with one attached hydrogen (secondary N) is 2. The van der Waals surface area contributed by atoms with Gasteiger partial charge >= 0.3 is 5.69 Å². The maximum absolute atomic E-state index is 11.4. The van der Waals surface area contributed by atoms with Gasteiger partial charge in [0.15, 0.2) is 11.5 Å². The monoisotopic (exact) mass is 261 g/mol. The molecule has 2 N–H and O–H groups in total. The molecule has 9 heteroatoms. The van der Waals surface area contributed by atoms with Crippen LogP contribution in [0.25, 0.3) is 5.65 Å². The highest BCUT2D eigenvalue weighted by molar-refractivity contribution is 5.42. The third-order valence-electron chi connectivity index (χ3n) is 2.50. The van der Waals surface area contributed by atoms with E-state index in [-0.39, 0.29) is 5.69 Å². The number of rotatable bonds is 4. The van der Waals surface area contributed by atoms with E-state index in [1.54, 1.807) is 19.1 Å². The van der Waals surface area contributed by atoms with Crippen molar-refractivity contribution in [1.29, 1.82) is 0 Å². The fourth-order valence-corrected chi connectivity index (χ4v) is 1.64. The molecule has 0 unspecified atom stereocenters. The summed E-state index contributed by atoms with van der Waals surface area (Å²) in [6.45, 7) is 2.33. The number of aromatic nitrogens is 6. The van der Waals surface area contributed by atoms with E-state index in [0.717, 1.165) is 0 Å². The largest absolute Gasteiger partial charge is 0.368 e. The van der Waals surface area contributed by atoms with Crippen molar-refractivity contribution in [2.45, 2.75) is 13.3 Å². The lowest BCUT2D eigenvalue weighted by Crippen LogP contribution is -2.15. The third-order valence-corrected chi connectivity index (χ3v) is 2.50. The Morgan fingerprint density at radius 1 is 1.47 bits per heavy atom. The number of hydrogen-bond acceptors (Lipinski definition) is 7. The predicted molar refractivity (Wildman–Crippen MR) is 64.8 cm³/mol. The molecule has 9 nitrogen and oxygen atoms in total. The van der Waals surface area contributed by atoms with E-state index in [2.05, 4.69) is 30.8 Å². The number of aromatic amines is 1. The molecule has 98 valence electrons. The second kappa shape index (κ2) is 4.52. The molecule has 0 amide bonds. The SMILES string of the molecule is Cc1nc(CCNc2ccc3n[nH]c(=O)n3n2)no1. The van der Waals surface area contributed by atoms with Crippen LogP contribution in [0.2, 0.25) is 0 Å². The molecular formula is C10H11N7O2. The molecule has 0 radical (unpaired) electrons. The van der Waals surface area contributed by atoms with Crippen molar-refractivity contribution in [3.63, 3.8) is 0 Å². The molecule has 0 aliphatic rings. The van der Waals surface area contributed by atoms with Gasteiger partial charge in [-0.05, 0) is 12.1 Å². The lowest BCUT2D eigenvalue weighted by Gasteiger charge is -2.02. The van der Waals surface area contributed by atoms with Gasteiger partial charge in [0.1, 0.15) is 5.82 Å². The van der Waals surface area contributed by atoms with Gasteiger partial charge in [-0.3, -0.25) is 0 Å². The average Bonchev–Trinajstić information content (AvgIpc) is 2.97. The van der Waals surface area contributed by atoms with Crippen LogP contribution in [0.15, 0.2) is 21.5 Å². The van der Waals surface area contributed by atoms with Gasteiger partial charge in [0.05, 0.1) is 0 Å². The van der Waals surface area contributed by atoms with E-state index >= 15 is 0 Å². The number of hydrogen-bond donors (Lipinski definition) is 2. The summed E-state index contributed by atoms with van der Waals surface area (Å²) in [5.74, 6) is 1.75. The summed E-state index contributed by atoms with van der Waals surface area (Å²) in [5.41, 5.74) is 0.108. The number of aryl methyl sites for hydroxylation is 1. The Hall–Kier alpha value is -2.71. The fourth-order valence-electron chi connectivity index (χ4n) is 1.64. The Morgan fingerprint density at radius 2 is 2.37 bits per heavy atom. The third kappa shape index (κ3) is 2.30. The highest BCUT2D eigenvalue weighted by Crippen LogP contribution is 2.03. The van der Waals surface area contributed by atoms with Crippen molar-refractivity contribution in [2.75, 3.05) is 11.9 Å². The lowest BCUT2D eigenvalue weighted by molar-refractivity contribution is 0.387. The minimum Gasteiger partial charge on any atom is -0.368 e. The molecule has 0 bridgehead atoms. The van der Waals surface area contributed by atoms with Crippen LogP contribution < -0.4 is 11.0 Å². The van der Waals surface area contributed by atoms with Gasteiger partial charge in [0.25, 0.3) is 0 Å². The molecule has 0 saturated carbocycles. The molecule has 3 rings (SSSR count). The quantitative estimate of drug-likeness (QED) is 0.666. The normalized spacial score (nSPS) is 11.0. The molecule has 0 aliphatic carbocycles. The Balaban J connectivity index is 1.68. The highest BCUT2D eigenvalue weighted by Gasteiger charge is 2.04. The standard InChI is InChI=1S/C10H11N7O2/c1-6-12-8(16-19-6)4-5-11-7-2-3-9-13-14-10(18)17(9)15-7/h2-3H,4-5H2,1H3,(H,11,15)(H,14,18). The predicted octanol–water partition coefficient (Wildman–Crippen LogP) is -0.236. The van der Waals surface area contributed by atoms with E-state index in [0.29, 0.717) is 36.1 Å². The highest BCUT2D eigenvalue weighted by atomic mass is 16.5. The van der Waals surface area contributed by atoms with Crippen LogP contribution >= 0.6 is 0 Å². The van der Waals surface area contributed by atoms with E-state index in [4.69, 9.17) is 4.52 Å². The van der Waals surface area contributed by atoms with Crippen molar-refractivity contribution in [3.05, 3.63) is 34.3 Å². The van der Waals surface area contributed by atoms with Gasteiger partial charge in [0.2, 0.25) is 5.89 Å². The van der Waals surface area contributed by atoms with Crippen molar-refractivity contribution in [2.24, 2.45) is 0 Å². The maximum atomic E-state index is 11.4. The second-order valence-corrected chi connectivity index (χ2v) is 3.92. The molecule has 0 atom stereocenters. The van der Waals surface area contributed by atoms with Crippen LogP contribution in [0.1, 0.15) is 11.7 Å². The van der Waals surface area contributed by atoms with Crippen molar-refractivity contribution < 1.29 is 4.52 Å². The minimum atomic E-state index is -0.368. The maximum Gasteiger partial charge on any atom is 0.364 e. The Morgan fingerprint density at radius 3 is 3.16 bits per heavy atom. The van der Waals surface area contributed by atoms with Crippen LogP contribution in [-0.4, -0.2) is 36.5 Å². The summed E-state index contributed by atoms with van der Waals surface area (Å²) >= 11 is 0. The van der Waals surface area contributed by atoms with Crippen LogP contribution in [-0.2, 0) is 6.42 Å². The summed E-state index contributed by atoms with van der Waals surface area (Å²) in [6.07, 6.45) is 0.608. The number of anilines is 1. The zero-order valence-corrected chi connectivity index (χ0v) is 10.1. The molecule has 19 heavy (non-hydrogen) atoms. The van der Waals surface area contributed by atoms with Crippen LogP contribution in [0.4, 0.5) is 5.82 Å². The molecule has 3 aromatic rings. The smallest absolute Gasteiger partial charge is 0.364 e. The first kappa shape index (κ1) is 11.4. The molecule has 0 saturated heterocycles. The first-order chi connectivity index (χ1) is 9.22. The molecule has 0 spiro atoms. The van der Waals surface area contributed by atoms with E-state index in [1.807, 2.05) is 0 Å². The van der Waals surface area contributed by atoms with E-state index < -0.39 is 0 Å². The second-order valence-electron chi connectivity index (χ2n) is 3.92. The molecule has 3 aromatic heterocycles. The molecule has 3 heterocycles. The zero-order chi connectivity index (χ0) is 13.2. The van der Waals surface area contributed by atoms with Gasteiger partial charge in [-0.1, -0.05) is 5.16 Å². The molecule has 0 aliphatic heterocycles. The first-order valence-corrected chi connectivity index (χ1v) is 5.70. The summed E-state index contributed by atoms with van der Waals surface area (Å²) in [4.78, 5) is 15.4. The van der Waals surface area contributed by atoms with Gasteiger partial charge in [-0.2, -0.15) is 14.6 Å². The molecule has 0 aromatic carbocycles. The van der Waals surface area contributed by atoms with Gasteiger partial charge in [-0.15, -0.1) is 5.10 Å². The van der Waals surface area contributed by atoms with Gasteiger partial charge < -0.3 is 9.84 Å². The molecular weight excluding hydrogens is 250 g/mol. The van der Waals surface area contributed by atoms with Gasteiger partial charge in [0, 0.05) is 19.9 Å². The van der Waals surface area contributed by atoms with Crippen LogP contribution in [0.5, 0.6) is 0 Å². The number of fused-ring (bicyclic) bond motifs is 1. The summed E-state index contributed by atoms with van der Waals surface area (Å²) < 4.78 is 6.06. The van der Waals surface area contributed by atoms with Crippen molar-refractivity contribution in [1.82, 2.24) is 30.0 Å². The Labute approximate surface area is 106 Å². The number of H-pyrrole nitrogens is 1. The van der Waals surface area contributed by atoms with Crippen molar-refractivity contribution >= 4 is 11.5 Å². The van der Waals surface area contributed by atoms with E-state index in [9.17, 15) is 4.79 Å². The van der Waals surface area contributed by atoms with Crippen LogP contribution in [0, 0.1) is 6.92 Å². The topological polar surface area (TPSA) is 114 Å². The molecule has 0 fully saturated rings. The summed E-state index contributed by atoms with van der Waals surface area (Å²) in [5, 5.41) is 17.1. The minimum absolute atomic E-state index is 0.368.